The molecule has 0 unspecified atom stereocenters. The van der Waals surface area contributed by atoms with Gasteiger partial charge in [0, 0.05) is 14.2 Å². The van der Waals surface area contributed by atoms with E-state index in [1.807, 2.05) is 24.3 Å². The summed E-state index contributed by atoms with van der Waals surface area (Å²) in [7, 11) is -0.408. The van der Waals surface area contributed by atoms with E-state index in [0.29, 0.717) is 36.9 Å². The Bertz CT molecular complexity index is 975. The van der Waals surface area contributed by atoms with Crippen LogP contribution in [0, 0.1) is 0 Å². The van der Waals surface area contributed by atoms with Gasteiger partial charge in [-0.15, -0.1) is 0 Å². The zero-order chi connectivity index (χ0) is 24.1. The summed E-state index contributed by atoms with van der Waals surface area (Å²) in [5.41, 5.74) is 1.42. The lowest BCUT2D eigenvalue weighted by molar-refractivity contribution is -0.141. The van der Waals surface area contributed by atoms with Gasteiger partial charge in [0.15, 0.2) is 5.54 Å². The molecule has 0 fully saturated rings. The minimum atomic E-state index is -4.52. The number of alkyl halides is 3. The Kier molecular flexibility index (Phi) is 8.00. The highest BCUT2D eigenvalue weighted by molar-refractivity contribution is 7.53. The molecule has 0 atom stereocenters. The summed E-state index contributed by atoms with van der Waals surface area (Å²) in [6.45, 7) is -1.05. The summed E-state index contributed by atoms with van der Waals surface area (Å²) in [5, 5.41) is 5.34. The number of hydrogen-bond acceptors (Lipinski definition) is 5. The molecule has 0 radical (unpaired) electrons. The van der Waals surface area contributed by atoms with Crippen LogP contribution in [0.4, 0.5) is 13.2 Å². The molecular weight excluding hydrogens is 456 g/mol. The molecule has 2 aromatic rings. The van der Waals surface area contributed by atoms with Gasteiger partial charge in [0.1, 0.15) is 6.54 Å². The van der Waals surface area contributed by atoms with Gasteiger partial charge < -0.3 is 14.4 Å². The zero-order valence-electron chi connectivity index (χ0n) is 18.6. The minimum absolute atomic E-state index is 0.267. The Morgan fingerprint density at radius 1 is 0.939 bits per heavy atom. The maximum Gasteiger partial charge on any atom is 0.405 e. The maximum absolute atomic E-state index is 13.3. The summed E-state index contributed by atoms with van der Waals surface area (Å²) in [4.78, 5) is 13.3. The second-order valence-electron chi connectivity index (χ2n) is 7.83. The quantitative estimate of drug-likeness (QED) is 0.353. The van der Waals surface area contributed by atoms with Gasteiger partial charge in [0.25, 0.3) is 0 Å². The lowest BCUT2D eigenvalue weighted by Gasteiger charge is -2.32. The molecule has 1 amide bonds. The molecule has 0 saturated carbocycles. The van der Waals surface area contributed by atoms with Gasteiger partial charge in [-0.3, -0.25) is 14.7 Å². The number of carbonyl (C=O) groups excluding carboxylic acids is 1. The minimum Gasteiger partial charge on any atom is -0.345 e. The average molecular weight is 484 g/mol. The Morgan fingerprint density at radius 3 is 2.00 bits per heavy atom. The van der Waals surface area contributed by atoms with Gasteiger partial charge in [-0.05, 0) is 41.6 Å². The standard InChI is InChI=1S/C23H28F3N2O4P/c1-31-33(30,32-2)15-9-3-8-14-28-23(21(29)27-16-22(24,25)26)19-12-6-4-10-17(19)18-11-5-7-13-20(18)23/h4-7,10-13,28H,3,8-9,14-16H2,1-2H3,(H,27,29). The number of fused-ring (bicyclic) bond motifs is 3. The van der Waals surface area contributed by atoms with E-state index in [1.165, 1.54) is 14.2 Å². The van der Waals surface area contributed by atoms with Crippen LogP contribution in [0.5, 0.6) is 0 Å². The lowest BCUT2D eigenvalue weighted by atomic mass is 9.86. The molecular formula is C23H28F3N2O4P. The smallest absolute Gasteiger partial charge is 0.345 e. The molecule has 0 bridgehead atoms. The SMILES string of the molecule is COP(=O)(CCCCCNC1(C(=O)NCC(F)(F)F)c2ccccc2-c2ccccc21)OC. The van der Waals surface area contributed by atoms with Gasteiger partial charge in [0.05, 0.1) is 6.16 Å². The van der Waals surface area contributed by atoms with Crippen molar-refractivity contribution in [2.24, 2.45) is 0 Å². The molecule has 3 rings (SSSR count). The number of rotatable bonds is 11. The predicted molar refractivity (Wildman–Crippen MR) is 120 cm³/mol. The van der Waals surface area contributed by atoms with Gasteiger partial charge in [-0.25, -0.2) is 0 Å². The third-order valence-electron chi connectivity index (χ3n) is 5.80. The van der Waals surface area contributed by atoms with Crippen LogP contribution in [0.25, 0.3) is 11.1 Å². The first-order valence-corrected chi connectivity index (χ1v) is 12.4. The van der Waals surface area contributed by atoms with Gasteiger partial charge in [0.2, 0.25) is 5.91 Å². The Hall–Kier alpha value is -2.19. The second kappa shape index (κ2) is 10.4. The van der Waals surface area contributed by atoms with Crippen molar-refractivity contribution < 1.29 is 31.6 Å². The van der Waals surface area contributed by atoms with Crippen molar-refractivity contribution >= 4 is 13.5 Å². The second-order valence-corrected chi connectivity index (χ2v) is 10.2. The molecule has 2 N–H and O–H groups in total. The van der Waals surface area contributed by atoms with Crippen LogP contribution in [-0.2, 0) is 23.9 Å². The first-order chi connectivity index (χ1) is 15.7. The van der Waals surface area contributed by atoms with Crippen LogP contribution in [0.1, 0.15) is 30.4 Å². The summed E-state index contributed by atoms with van der Waals surface area (Å²) in [5.74, 6) is -0.750. The first kappa shape index (κ1) is 25.4. The molecule has 33 heavy (non-hydrogen) atoms. The molecule has 1 aliphatic carbocycles. The van der Waals surface area contributed by atoms with E-state index in [4.69, 9.17) is 9.05 Å². The van der Waals surface area contributed by atoms with Crippen LogP contribution in [0.15, 0.2) is 48.5 Å². The molecule has 0 aromatic heterocycles. The van der Waals surface area contributed by atoms with Crippen molar-refractivity contribution in [3.05, 3.63) is 59.7 Å². The van der Waals surface area contributed by atoms with Gasteiger partial charge in [-0.1, -0.05) is 55.0 Å². The lowest BCUT2D eigenvalue weighted by Crippen LogP contribution is -2.55. The molecule has 1 aliphatic rings. The number of hydrogen-bond donors (Lipinski definition) is 2. The van der Waals surface area contributed by atoms with Crippen molar-refractivity contribution in [2.75, 3.05) is 33.5 Å². The monoisotopic (exact) mass is 484 g/mol. The summed E-state index contributed by atoms with van der Waals surface area (Å²) in [6, 6.07) is 14.5. The Balaban J connectivity index is 1.82. The summed E-state index contributed by atoms with van der Waals surface area (Å²) < 4.78 is 60.7. The van der Waals surface area contributed by atoms with Crippen LogP contribution < -0.4 is 10.6 Å². The number of benzene rings is 2. The third-order valence-corrected chi connectivity index (χ3v) is 7.77. The molecule has 6 nitrogen and oxygen atoms in total. The molecule has 0 heterocycles. The van der Waals surface area contributed by atoms with E-state index in [9.17, 15) is 22.5 Å². The van der Waals surface area contributed by atoms with Crippen LogP contribution in [-0.4, -0.2) is 45.6 Å². The first-order valence-electron chi connectivity index (χ1n) is 10.7. The van der Waals surface area contributed by atoms with Crippen LogP contribution >= 0.6 is 7.60 Å². The number of carbonyl (C=O) groups is 1. The topological polar surface area (TPSA) is 76.7 Å². The van der Waals surface area contributed by atoms with Crippen molar-refractivity contribution in [1.82, 2.24) is 10.6 Å². The van der Waals surface area contributed by atoms with E-state index in [0.717, 1.165) is 11.1 Å². The maximum atomic E-state index is 13.3. The Labute approximate surface area is 191 Å². The molecule has 2 aromatic carbocycles. The van der Waals surface area contributed by atoms with E-state index in [2.05, 4.69) is 10.6 Å². The fourth-order valence-electron chi connectivity index (χ4n) is 4.20. The van der Waals surface area contributed by atoms with Crippen molar-refractivity contribution in [3.63, 3.8) is 0 Å². The summed E-state index contributed by atoms with van der Waals surface area (Å²) >= 11 is 0. The normalized spacial score (nSPS) is 14.6. The number of nitrogens with one attached hydrogen (secondary N) is 2. The predicted octanol–water partition coefficient (Wildman–Crippen LogP) is 4.83. The van der Waals surface area contributed by atoms with Crippen molar-refractivity contribution in [1.29, 1.82) is 0 Å². The van der Waals surface area contributed by atoms with Crippen molar-refractivity contribution in [2.45, 2.75) is 31.0 Å². The van der Waals surface area contributed by atoms with E-state index >= 15 is 0 Å². The highest BCUT2D eigenvalue weighted by atomic mass is 31.2. The average Bonchev–Trinajstić information content (AvgIpc) is 3.10. The molecule has 10 heteroatoms. The highest BCUT2D eigenvalue weighted by Gasteiger charge is 2.49. The fourth-order valence-corrected chi connectivity index (χ4v) is 5.33. The molecule has 0 saturated heterocycles. The highest BCUT2D eigenvalue weighted by Crippen LogP contribution is 2.48. The molecule has 0 spiro atoms. The van der Waals surface area contributed by atoms with E-state index in [-0.39, 0.29) is 6.16 Å². The zero-order valence-corrected chi connectivity index (χ0v) is 19.5. The van der Waals surface area contributed by atoms with Crippen molar-refractivity contribution in [3.8, 4) is 11.1 Å². The van der Waals surface area contributed by atoms with Crippen LogP contribution in [0.2, 0.25) is 0 Å². The van der Waals surface area contributed by atoms with E-state index in [1.54, 1.807) is 24.3 Å². The number of halogens is 3. The largest absolute Gasteiger partial charge is 0.405 e. The van der Waals surface area contributed by atoms with Gasteiger partial charge in [-0.2, -0.15) is 13.2 Å². The van der Waals surface area contributed by atoms with Gasteiger partial charge >= 0.3 is 13.8 Å². The van der Waals surface area contributed by atoms with E-state index < -0.39 is 31.8 Å². The number of unbranched alkanes of at least 4 members (excludes halogenated alkanes) is 2. The molecule has 180 valence electrons. The Morgan fingerprint density at radius 2 is 1.48 bits per heavy atom. The third kappa shape index (κ3) is 5.49. The summed E-state index contributed by atoms with van der Waals surface area (Å²) in [6.07, 6.45) is -2.38. The number of amides is 1. The molecule has 0 aliphatic heterocycles. The van der Waals surface area contributed by atoms with Crippen LogP contribution in [0.3, 0.4) is 0 Å². The fraction of sp³-hybridized carbons (Fsp3) is 0.435.